The average molecular weight is 522 g/mol. The lowest BCUT2D eigenvalue weighted by Gasteiger charge is -2.13. The number of hydrogen-bond acceptors (Lipinski definition) is 5. The SMILES string of the molecule is COc1cc(/C=N/OCC(=O)Nc2ccc(Cl)cc2)cc(Br)c1OCc1ccc(F)cc1. The Labute approximate surface area is 198 Å². The zero-order valence-corrected chi connectivity index (χ0v) is 19.3. The number of carbonyl (C=O) groups excluding carboxylic acids is 1. The molecular formula is C23H19BrClFN2O4. The van der Waals surface area contributed by atoms with Crippen molar-refractivity contribution in [3.05, 3.63) is 87.1 Å². The van der Waals surface area contributed by atoms with Crippen LogP contribution < -0.4 is 14.8 Å². The van der Waals surface area contributed by atoms with Crippen LogP contribution in [-0.2, 0) is 16.2 Å². The van der Waals surface area contributed by atoms with Gasteiger partial charge in [0, 0.05) is 16.3 Å². The zero-order valence-electron chi connectivity index (χ0n) is 17.0. The molecule has 3 rings (SSSR count). The summed E-state index contributed by atoms with van der Waals surface area (Å²) in [5, 5.41) is 7.08. The Kier molecular flexibility index (Phi) is 8.47. The molecule has 0 atom stereocenters. The minimum Gasteiger partial charge on any atom is -0.493 e. The van der Waals surface area contributed by atoms with Crippen LogP contribution in [0.15, 0.2) is 70.3 Å². The summed E-state index contributed by atoms with van der Waals surface area (Å²) in [6.45, 7) is -0.00911. The molecule has 0 aliphatic rings. The van der Waals surface area contributed by atoms with Crippen LogP contribution in [0.5, 0.6) is 11.5 Å². The summed E-state index contributed by atoms with van der Waals surface area (Å²) in [5.74, 6) is 0.314. The standard InChI is InChI=1S/C23H19BrClFN2O4/c1-30-21-11-16(10-20(24)23(21)31-13-15-2-6-18(26)7-3-15)12-27-32-14-22(29)28-19-8-4-17(25)5-9-19/h2-12H,13-14H2,1H3,(H,28,29)/b27-12+. The van der Waals surface area contributed by atoms with Gasteiger partial charge in [0.2, 0.25) is 0 Å². The molecule has 0 aromatic heterocycles. The van der Waals surface area contributed by atoms with Crippen LogP contribution in [0.3, 0.4) is 0 Å². The van der Waals surface area contributed by atoms with Gasteiger partial charge in [0.1, 0.15) is 12.4 Å². The Morgan fingerprint density at radius 3 is 2.56 bits per heavy atom. The molecule has 3 aromatic carbocycles. The predicted octanol–water partition coefficient (Wildman–Crippen LogP) is 5.82. The number of methoxy groups -OCH3 is 1. The summed E-state index contributed by atoms with van der Waals surface area (Å²) in [6.07, 6.45) is 1.45. The van der Waals surface area contributed by atoms with E-state index in [2.05, 4.69) is 26.4 Å². The molecule has 0 aliphatic carbocycles. The molecule has 0 fully saturated rings. The minimum atomic E-state index is -0.354. The van der Waals surface area contributed by atoms with Crippen molar-refractivity contribution >= 4 is 45.3 Å². The van der Waals surface area contributed by atoms with Gasteiger partial charge in [-0.25, -0.2) is 4.39 Å². The van der Waals surface area contributed by atoms with Gasteiger partial charge in [0.05, 0.1) is 17.8 Å². The van der Waals surface area contributed by atoms with E-state index < -0.39 is 0 Å². The van der Waals surface area contributed by atoms with Gasteiger partial charge in [-0.05, 0) is 70.0 Å². The number of nitrogens with one attached hydrogen (secondary N) is 1. The lowest BCUT2D eigenvalue weighted by molar-refractivity contribution is -0.120. The molecule has 0 saturated carbocycles. The van der Waals surface area contributed by atoms with Crippen LogP contribution in [0.4, 0.5) is 10.1 Å². The van der Waals surface area contributed by atoms with Crippen LogP contribution in [0.2, 0.25) is 5.02 Å². The predicted molar refractivity (Wildman–Crippen MR) is 125 cm³/mol. The van der Waals surface area contributed by atoms with Gasteiger partial charge in [0.25, 0.3) is 5.91 Å². The van der Waals surface area contributed by atoms with Gasteiger partial charge in [0.15, 0.2) is 18.1 Å². The van der Waals surface area contributed by atoms with E-state index in [0.29, 0.717) is 32.2 Å². The van der Waals surface area contributed by atoms with E-state index in [4.69, 9.17) is 25.9 Å². The molecule has 9 heteroatoms. The van der Waals surface area contributed by atoms with Crippen molar-refractivity contribution in [1.82, 2.24) is 0 Å². The quantitative estimate of drug-likeness (QED) is 0.285. The molecule has 0 aliphatic heterocycles. The monoisotopic (exact) mass is 520 g/mol. The number of halogens is 3. The normalized spacial score (nSPS) is 10.8. The highest BCUT2D eigenvalue weighted by molar-refractivity contribution is 9.10. The van der Waals surface area contributed by atoms with E-state index in [1.54, 1.807) is 48.5 Å². The maximum Gasteiger partial charge on any atom is 0.265 e. The molecule has 0 radical (unpaired) electrons. The third-order valence-electron chi connectivity index (χ3n) is 4.15. The number of benzene rings is 3. The van der Waals surface area contributed by atoms with Crippen LogP contribution in [-0.4, -0.2) is 25.8 Å². The molecule has 6 nitrogen and oxygen atoms in total. The van der Waals surface area contributed by atoms with E-state index in [1.165, 1.54) is 25.5 Å². The maximum absolute atomic E-state index is 13.0. The highest BCUT2D eigenvalue weighted by Crippen LogP contribution is 2.36. The number of oxime groups is 1. The largest absolute Gasteiger partial charge is 0.493 e. The van der Waals surface area contributed by atoms with Gasteiger partial charge >= 0.3 is 0 Å². The fourth-order valence-electron chi connectivity index (χ4n) is 2.61. The molecule has 3 aromatic rings. The Morgan fingerprint density at radius 2 is 1.88 bits per heavy atom. The highest BCUT2D eigenvalue weighted by Gasteiger charge is 2.12. The Morgan fingerprint density at radius 1 is 1.16 bits per heavy atom. The second-order valence-electron chi connectivity index (χ2n) is 6.51. The van der Waals surface area contributed by atoms with E-state index in [1.807, 2.05) is 0 Å². The van der Waals surface area contributed by atoms with Gasteiger partial charge in [-0.2, -0.15) is 0 Å². The van der Waals surface area contributed by atoms with Crippen molar-refractivity contribution in [2.75, 3.05) is 19.0 Å². The summed E-state index contributed by atoms with van der Waals surface area (Å²) in [7, 11) is 1.52. The molecular weight excluding hydrogens is 503 g/mol. The van der Waals surface area contributed by atoms with Gasteiger partial charge < -0.3 is 19.6 Å². The molecule has 166 valence electrons. The molecule has 0 saturated heterocycles. The van der Waals surface area contributed by atoms with Crippen molar-refractivity contribution in [2.45, 2.75) is 6.61 Å². The number of nitrogens with zero attached hydrogens (tertiary/aromatic N) is 1. The van der Waals surface area contributed by atoms with Crippen molar-refractivity contribution in [3.8, 4) is 11.5 Å². The number of rotatable bonds is 9. The Bertz CT molecular complexity index is 1090. The number of ether oxygens (including phenoxy) is 2. The fraction of sp³-hybridized carbons (Fsp3) is 0.130. The number of carbonyl (C=O) groups is 1. The zero-order chi connectivity index (χ0) is 22.9. The van der Waals surface area contributed by atoms with Gasteiger partial charge in [-0.15, -0.1) is 0 Å². The molecule has 0 unspecified atom stereocenters. The molecule has 1 amide bonds. The van der Waals surface area contributed by atoms with Crippen molar-refractivity contribution in [2.24, 2.45) is 5.16 Å². The lowest BCUT2D eigenvalue weighted by Crippen LogP contribution is -2.16. The molecule has 1 N–H and O–H groups in total. The van der Waals surface area contributed by atoms with E-state index in [-0.39, 0.29) is 24.9 Å². The van der Waals surface area contributed by atoms with E-state index >= 15 is 0 Å². The third-order valence-corrected chi connectivity index (χ3v) is 4.99. The molecule has 0 heterocycles. The summed E-state index contributed by atoms with van der Waals surface area (Å²) in [4.78, 5) is 17.0. The third kappa shape index (κ3) is 6.96. The molecule has 0 bridgehead atoms. The number of anilines is 1. The minimum absolute atomic E-state index is 0.245. The first-order chi connectivity index (χ1) is 15.4. The van der Waals surface area contributed by atoms with Crippen molar-refractivity contribution in [3.63, 3.8) is 0 Å². The number of hydrogen-bond donors (Lipinski definition) is 1. The van der Waals surface area contributed by atoms with Gasteiger partial charge in [-0.3, -0.25) is 4.79 Å². The summed E-state index contributed by atoms with van der Waals surface area (Å²) in [5.41, 5.74) is 2.09. The fourth-order valence-corrected chi connectivity index (χ4v) is 3.32. The lowest BCUT2D eigenvalue weighted by atomic mass is 10.2. The van der Waals surface area contributed by atoms with Crippen LogP contribution in [0, 0.1) is 5.82 Å². The van der Waals surface area contributed by atoms with Crippen molar-refractivity contribution in [1.29, 1.82) is 0 Å². The second-order valence-corrected chi connectivity index (χ2v) is 7.80. The van der Waals surface area contributed by atoms with E-state index in [0.717, 1.165) is 5.56 Å². The Balaban J connectivity index is 1.56. The topological polar surface area (TPSA) is 69.2 Å². The summed E-state index contributed by atoms with van der Waals surface area (Å²) < 4.78 is 24.9. The van der Waals surface area contributed by atoms with Crippen LogP contribution in [0.25, 0.3) is 0 Å². The first kappa shape index (κ1) is 23.6. The van der Waals surface area contributed by atoms with Crippen LogP contribution >= 0.6 is 27.5 Å². The second kappa shape index (κ2) is 11.5. The number of amides is 1. The first-order valence-corrected chi connectivity index (χ1v) is 10.6. The summed E-state index contributed by atoms with van der Waals surface area (Å²) >= 11 is 9.27. The van der Waals surface area contributed by atoms with Crippen molar-refractivity contribution < 1.29 is 23.5 Å². The molecule has 32 heavy (non-hydrogen) atoms. The van der Waals surface area contributed by atoms with Crippen LogP contribution in [0.1, 0.15) is 11.1 Å². The smallest absolute Gasteiger partial charge is 0.265 e. The molecule has 0 spiro atoms. The maximum atomic E-state index is 13.0. The first-order valence-electron chi connectivity index (χ1n) is 9.40. The Hall–Kier alpha value is -3.10. The highest BCUT2D eigenvalue weighted by atomic mass is 79.9. The summed E-state index contributed by atoms with van der Waals surface area (Å²) in [6, 6.07) is 16.3. The van der Waals surface area contributed by atoms with E-state index in [9.17, 15) is 9.18 Å². The average Bonchev–Trinajstić information content (AvgIpc) is 2.78. The van der Waals surface area contributed by atoms with Gasteiger partial charge in [-0.1, -0.05) is 28.9 Å².